The van der Waals surface area contributed by atoms with Crippen molar-refractivity contribution in [2.45, 2.75) is 0 Å². The van der Waals surface area contributed by atoms with Crippen LogP contribution in [-0.2, 0) is 0 Å². The van der Waals surface area contributed by atoms with Gasteiger partial charge < -0.3 is 4.74 Å². The van der Waals surface area contributed by atoms with Crippen LogP contribution in [0, 0.1) is 0 Å². The highest BCUT2D eigenvalue weighted by Gasteiger charge is 2.15. The summed E-state index contributed by atoms with van der Waals surface area (Å²) in [5.41, 5.74) is 0.160. The van der Waals surface area contributed by atoms with Crippen LogP contribution >= 0.6 is 46.4 Å². The molecule has 0 heterocycles. The van der Waals surface area contributed by atoms with E-state index in [9.17, 15) is 4.79 Å². The number of carbonyl (C=O) groups is 1. The van der Waals surface area contributed by atoms with Gasteiger partial charge in [0.15, 0.2) is 5.75 Å². The van der Waals surface area contributed by atoms with Crippen LogP contribution in [0.1, 0.15) is 10.4 Å². The number of benzene rings is 1. The minimum atomic E-state index is -0.660. The van der Waals surface area contributed by atoms with E-state index >= 15 is 0 Å². The Hall–Kier alpha value is -0.150. The molecular formula is C9H6Cl4O2. The van der Waals surface area contributed by atoms with Crippen LogP contribution in [0.2, 0.25) is 10.0 Å². The Balaban J connectivity index is 3.12. The van der Waals surface area contributed by atoms with Crippen molar-refractivity contribution in [3.63, 3.8) is 0 Å². The van der Waals surface area contributed by atoms with E-state index in [0.29, 0.717) is 10.9 Å². The van der Waals surface area contributed by atoms with Crippen LogP contribution in [0.15, 0.2) is 12.1 Å². The molecule has 2 nitrogen and oxygen atoms in total. The van der Waals surface area contributed by atoms with Crippen molar-refractivity contribution in [3.8, 4) is 5.75 Å². The van der Waals surface area contributed by atoms with E-state index in [1.807, 2.05) is 0 Å². The summed E-state index contributed by atoms with van der Waals surface area (Å²) >= 11 is 22.5. The number of rotatable bonds is 4. The van der Waals surface area contributed by atoms with Crippen LogP contribution < -0.4 is 4.74 Å². The second-order valence-electron chi connectivity index (χ2n) is 2.55. The van der Waals surface area contributed by atoms with Crippen molar-refractivity contribution >= 4 is 51.6 Å². The summed E-state index contributed by atoms with van der Waals surface area (Å²) in [6.45, 7) is 0.251. The number of hydrogen-bond donors (Lipinski definition) is 0. The fourth-order valence-electron chi connectivity index (χ4n) is 0.957. The van der Waals surface area contributed by atoms with Crippen molar-refractivity contribution in [2.24, 2.45) is 0 Å². The lowest BCUT2D eigenvalue weighted by Crippen LogP contribution is -2.01. The molecule has 0 atom stereocenters. The first-order chi connectivity index (χ1) is 7.07. The molecule has 0 amide bonds. The molecule has 15 heavy (non-hydrogen) atoms. The minimum Gasteiger partial charge on any atom is -0.489 e. The zero-order chi connectivity index (χ0) is 11.4. The molecule has 0 radical (unpaired) electrons. The highest BCUT2D eigenvalue weighted by atomic mass is 35.5. The molecule has 0 saturated carbocycles. The molecule has 0 aliphatic carbocycles. The molecule has 0 aliphatic heterocycles. The molecule has 0 saturated heterocycles. The summed E-state index contributed by atoms with van der Waals surface area (Å²) in [6, 6.07) is 2.93. The molecular weight excluding hydrogens is 282 g/mol. The van der Waals surface area contributed by atoms with E-state index in [4.69, 9.17) is 51.1 Å². The smallest absolute Gasteiger partial charge is 0.254 e. The van der Waals surface area contributed by atoms with Crippen LogP contribution in [0.3, 0.4) is 0 Å². The fraction of sp³-hybridized carbons (Fsp3) is 0.222. The summed E-state index contributed by atoms with van der Waals surface area (Å²) in [4.78, 5) is 11.0. The van der Waals surface area contributed by atoms with Gasteiger partial charge in [-0.15, -0.1) is 11.6 Å². The lowest BCUT2D eigenvalue weighted by Gasteiger charge is -2.10. The van der Waals surface area contributed by atoms with Crippen LogP contribution in [0.5, 0.6) is 5.75 Å². The first-order valence-corrected chi connectivity index (χ1v) is 5.61. The van der Waals surface area contributed by atoms with Gasteiger partial charge in [-0.2, -0.15) is 0 Å². The first-order valence-electron chi connectivity index (χ1n) is 3.94. The Kier molecular flexibility index (Phi) is 5.00. The molecule has 0 aromatic heterocycles. The number of carbonyl (C=O) groups excluding carboxylic acids is 1. The molecule has 0 fully saturated rings. The summed E-state index contributed by atoms with van der Waals surface area (Å²) in [5, 5.41) is -0.244. The quantitative estimate of drug-likeness (QED) is 0.618. The fourth-order valence-corrected chi connectivity index (χ4v) is 1.81. The topological polar surface area (TPSA) is 26.3 Å². The monoisotopic (exact) mass is 286 g/mol. The molecule has 1 aromatic carbocycles. The SMILES string of the molecule is O=C(Cl)c1ccc(Cl)c(OCCCl)c1Cl. The zero-order valence-corrected chi connectivity index (χ0v) is 10.4. The Labute approximate surface area is 107 Å². The van der Waals surface area contributed by atoms with Crippen molar-refractivity contribution in [3.05, 3.63) is 27.7 Å². The van der Waals surface area contributed by atoms with Gasteiger partial charge in [-0.3, -0.25) is 4.79 Å². The number of ether oxygens (including phenoxy) is 1. The lowest BCUT2D eigenvalue weighted by atomic mass is 10.2. The van der Waals surface area contributed by atoms with E-state index in [1.54, 1.807) is 0 Å². The third-order valence-corrected chi connectivity index (χ3v) is 2.62. The number of halogens is 4. The van der Waals surface area contributed by atoms with Gasteiger partial charge >= 0.3 is 0 Å². The van der Waals surface area contributed by atoms with Gasteiger partial charge in [0, 0.05) is 0 Å². The summed E-state index contributed by atoms with van der Waals surface area (Å²) in [7, 11) is 0. The highest BCUT2D eigenvalue weighted by Crippen LogP contribution is 2.36. The number of alkyl halides is 1. The third-order valence-electron chi connectivity index (χ3n) is 1.58. The van der Waals surface area contributed by atoms with Gasteiger partial charge in [-0.05, 0) is 23.7 Å². The van der Waals surface area contributed by atoms with Crippen molar-refractivity contribution in [1.29, 1.82) is 0 Å². The molecule has 1 aromatic rings. The standard InChI is InChI=1S/C9H6Cl4O2/c10-3-4-15-8-6(11)2-1-5(7(8)12)9(13)14/h1-2H,3-4H2. The summed E-state index contributed by atoms with van der Waals surface area (Å²) in [6.07, 6.45) is 0. The van der Waals surface area contributed by atoms with Gasteiger partial charge in [-0.25, -0.2) is 0 Å². The Bertz CT molecular complexity index is 379. The predicted octanol–water partition coefficient (Wildman–Crippen LogP) is 3.99. The van der Waals surface area contributed by atoms with Crippen LogP contribution in [-0.4, -0.2) is 17.7 Å². The average Bonchev–Trinajstić information content (AvgIpc) is 2.17. The van der Waals surface area contributed by atoms with Gasteiger partial charge in [0.25, 0.3) is 5.24 Å². The van der Waals surface area contributed by atoms with Gasteiger partial charge in [0.05, 0.1) is 21.5 Å². The molecule has 0 unspecified atom stereocenters. The minimum absolute atomic E-state index is 0.104. The Morgan fingerprint density at radius 1 is 1.33 bits per heavy atom. The third kappa shape index (κ3) is 3.15. The molecule has 1 rings (SSSR count). The maximum Gasteiger partial charge on any atom is 0.254 e. The second-order valence-corrected chi connectivity index (χ2v) is 4.06. The molecule has 82 valence electrons. The van der Waals surface area contributed by atoms with E-state index in [2.05, 4.69) is 0 Å². The van der Waals surface area contributed by atoms with Gasteiger partial charge in [-0.1, -0.05) is 23.2 Å². The second kappa shape index (κ2) is 5.80. The Morgan fingerprint density at radius 2 is 2.00 bits per heavy atom. The average molecular weight is 288 g/mol. The van der Waals surface area contributed by atoms with E-state index in [0.717, 1.165) is 0 Å². The molecule has 0 spiro atoms. The predicted molar refractivity (Wildman–Crippen MR) is 62.9 cm³/mol. The molecule has 6 heteroatoms. The van der Waals surface area contributed by atoms with Crippen LogP contribution in [0.4, 0.5) is 0 Å². The van der Waals surface area contributed by atoms with Gasteiger partial charge in [0.2, 0.25) is 0 Å². The van der Waals surface area contributed by atoms with Crippen molar-refractivity contribution in [2.75, 3.05) is 12.5 Å². The summed E-state index contributed by atoms with van der Waals surface area (Å²) in [5.74, 6) is 0.525. The molecule has 0 aliphatic rings. The summed E-state index contributed by atoms with van der Waals surface area (Å²) < 4.78 is 5.20. The molecule has 0 N–H and O–H groups in total. The van der Waals surface area contributed by atoms with Crippen molar-refractivity contribution in [1.82, 2.24) is 0 Å². The lowest BCUT2D eigenvalue weighted by molar-refractivity contribution is 0.108. The van der Waals surface area contributed by atoms with E-state index in [-0.39, 0.29) is 22.9 Å². The zero-order valence-electron chi connectivity index (χ0n) is 7.40. The maximum atomic E-state index is 11.0. The highest BCUT2D eigenvalue weighted by molar-refractivity contribution is 6.69. The van der Waals surface area contributed by atoms with Crippen LogP contribution in [0.25, 0.3) is 0 Å². The maximum absolute atomic E-state index is 11.0. The van der Waals surface area contributed by atoms with Gasteiger partial charge in [0.1, 0.15) is 6.61 Å². The van der Waals surface area contributed by atoms with E-state index < -0.39 is 5.24 Å². The molecule has 0 bridgehead atoms. The first kappa shape index (κ1) is 12.9. The normalized spacial score (nSPS) is 10.1. The van der Waals surface area contributed by atoms with Crippen molar-refractivity contribution < 1.29 is 9.53 Å². The largest absolute Gasteiger partial charge is 0.489 e. The van der Waals surface area contributed by atoms with E-state index in [1.165, 1.54) is 12.1 Å². The number of hydrogen-bond acceptors (Lipinski definition) is 2. The Morgan fingerprint density at radius 3 is 2.53 bits per heavy atom.